The highest BCUT2D eigenvalue weighted by atomic mass is 32.1. The quantitative estimate of drug-likeness (QED) is 0.271. The van der Waals surface area contributed by atoms with Crippen molar-refractivity contribution in [3.63, 3.8) is 0 Å². The number of fused-ring (bicyclic) bond motifs is 2. The van der Waals surface area contributed by atoms with Crippen LogP contribution in [0.2, 0.25) is 0 Å². The zero-order valence-electron chi connectivity index (χ0n) is 16.5. The van der Waals surface area contributed by atoms with Crippen LogP contribution in [0.15, 0.2) is 65.7 Å². The summed E-state index contributed by atoms with van der Waals surface area (Å²) >= 11 is 1.18. The van der Waals surface area contributed by atoms with Crippen LogP contribution in [0.1, 0.15) is 5.56 Å². The van der Waals surface area contributed by atoms with Gasteiger partial charge in [0.1, 0.15) is 6.54 Å². The number of ether oxygens (including phenoxy) is 1. The molecule has 0 saturated carbocycles. The topological polar surface area (TPSA) is 104 Å². The molecule has 0 radical (unpaired) electrons. The number of thiazole rings is 1. The van der Waals surface area contributed by atoms with Gasteiger partial charge in [-0.2, -0.15) is 4.99 Å². The zero-order chi connectivity index (χ0) is 22.0. The molecule has 1 heterocycles. The van der Waals surface area contributed by atoms with Crippen molar-refractivity contribution in [2.45, 2.75) is 13.0 Å². The average Bonchev–Trinajstić information content (AvgIpc) is 3.09. The molecule has 9 heteroatoms. The van der Waals surface area contributed by atoms with Crippen molar-refractivity contribution in [3.05, 3.63) is 81.1 Å². The normalized spacial score (nSPS) is 11.7. The number of benzene rings is 3. The number of hydrogen-bond donors (Lipinski definition) is 0. The Balaban J connectivity index is 1.78. The lowest BCUT2D eigenvalue weighted by Gasteiger charge is -2.05. The molecular formula is C22H17N3O5S. The number of carbonyl (C=O) groups excluding carboxylic acids is 2. The lowest BCUT2D eigenvalue weighted by molar-refractivity contribution is -0.384. The molecule has 0 aliphatic rings. The van der Waals surface area contributed by atoms with Crippen LogP contribution in [0.3, 0.4) is 0 Å². The van der Waals surface area contributed by atoms with Crippen molar-refractivity contribution >= 4 is 49.9 Å². The van der Waals surface area contributed by atoms with Crippen LogP contribution in [0.25, 0.3) is 21.0 Å². The molecule has 0 fully saturated rings. The SMILES string of the molecule is COC(=O)Cn1c(=NC(=O)Cc2cccc3ccccc23)sc2ccc([N+](=O)[O-])cc21. The van der Waals surface area contributed by atoms with Crippen molar-refractivity contribution in [2.75, 3.05) is 7.11 Å². The van der Waals surface area contributed by atoms with Gasteiger partial charge in [-0.15, -0.1) is 0 Å². The second-order valence-electron chi connectivity index (χ2n) is 6.78. The minimum Gasteiger partial charge on any atom is -0.468 e. The van der Waals surface area contributed by atoms with Gasteiger partial charge in [0.05, 0.1) is 28.7 Å². The maximum Gasteiger partial charge on any atom is 0.325 e. The summed E-state index contributed by atoms with van der Waals surface area (Å²) in [5.41, 5.74) is 1.18. The van der Waals surface area contributed by atoms with Crippen LogP contribution < -0.4 is 4.80 Å². The Hall–Kier alpha value is -3.85. The third-order valence-corrected chi connectivity index (χ3v) is 5.89. The fraction of sp³-hybridized carbons (Fsp3) is 0.136. The summed E-state index contributed by atoms with van der Waals surface area (Å²) in [5, 5.41) is 13.2. The number of nitro benzene ring substituents is 1. The van der Waals surface area contributed by atoms with Crippen molar-refractivity contribution in [1.29, 1.82) is 0 Å². The Bertz CT molecular complexity index is 1400. The number of aromatic nitrogens is 1. The van der Waals surface area contributed by atoms with Gasteiger partial charge in [0.15, 0.2) is 4.80 Å². The lowest BCUT2D eigenvalue weighted by atomic mass is 10.0. The minimum atomic E-state index is -0.547. The monoisotopic (exact) mass is 435 g/mol. The Labute approximate surface area is 180 Å². The van der Waals surface area contributed by atoms with E-state index in [2.05, 4.69) is 4.99 Å². The maximum absolute atomic E-state index is 12.8. The second kappa shape index (κ2) is 8.49. The largest absolute Gasteiger partial charge is 0.468 e. The number of amides is 1. The molecule has 0 aliphatic carbocycles. The van der Waals surface area contributed by atoms with E-state index in [1.54, 1.807) is 6.07 Å². The Morgan fingerprint density at radius 2 is 1.90 bits per heavy atom. The van der Waals surface area contributed by atoms with E-state index in [-0.39, 0.29) is 29.4 Å². The Morgan fingerprint density at radius 1 is 1.13 bits per heavy atom. The predicted molar refractivity (Wildman–Crippen MR) is 117 cm³/mol. The minimum absolute atomic E-state index is 0.0912. The number of rotatable bonds is 5. The van der Waals surface area contributed by atoms with Crippen LogP contribution in [0, 0.1) is 10.1 Å². The molecule has 0 unspecified atom stereocenters. The van der Waals surface area contributed by atoms with Crippen LogP contribution in [-0.2, 0) is 27.3 Å². The van der Waals surface area contributed by atoms with Gasteiger partial charge in [-0.05, 0) is 22.4 Å². The molecule has 1 aromatic heterocycles. The molecule has 0 bridgehead atoms. The van der Waals surface area contributed by atoms with Gasteiger partial charge < -0.3 is 9.30 Å². The first-order valence-electron chi connectivity index (χ1n) is 9.35. The van der Waals surface area contributed by atoms with Crippen molar-refractivity contribution in [3.8, 4) is 0 Å². The van der Waals surface area contributed by atoms with E-state index in [9.17, 15) is 19.7 Å². The van der Waals surface area contributed by atoms with E-state index in [1.807, 2.05) is 42.5 Å². The molecule has 0 saturated heterocycles. The smallest absolute Gasteiger partial charge is 0.325 e. The maximum atomic E-state index is 12.8. The first kappa shape index (κ1) is 20.4. The molecule has 8 nitrogen and oxygen atoms in total. The fourth-order valence-electron chi connectivity index (χ4n) is 3.36. The zero-order valence-corrected chi connectivity index (χ0v) is 17.3. The Kier molecular flexibility index (Phi) is 5.59. The van der Waals surface area contributed by atoms with Gasteiger partial charge in [0.25, 0.3) is 11.6 Å². The van der Waals surface area contributed by atoms with Crippen molar-refractivity contribution in [2.24, 2.45) is 4.99 Å². The Morgan fingerprint density at radius 3 is 2.68 bits per heavy atom. The molecule has 1 amide bonds. The fourth-order valence-corrected chi connectivity index (χ4v) is 4.39. The standard InChI is InChI=1S/C22H17N3O5S/c1-30-21(27)13-24-18-12-16(25(28)29)9-10-19(18)31-22(24)23-20(26)11-15-7-4-6-14-5-2-3-8-17(14)15/h2-10,12H,11,13H2,1H3. The number of nitrogens with zero attached hydrogens (tertiary/aromatic N) is 3. The molecular weight excluding hydrogens is 418 g/mol. The molecule has 31 heavy (non-hydrogen) atoms. The molecule has 0 atom stereocenters. The van der Waals surface area contributed by atoms with E-state index >= 15 is 0 Å². The molecule has 0 spiro atoms. The van der Waals surface area contributed by atoms with Gasteiger partial charge in [0.2, 0.25) is 0 Å². The first-order valence-corrected chi connectivity index (χ1v) is 10.2. The van der Waals surface area contributed by atoms with Crippen LogP contribution in [0.5, 0.6) is 0 Å². The summed E-state index contributed by atoms with van der Waals surface area (Å²) < 4.78 is 6.88. The third-order valence-electron chi connectivity index (χ3n) is 4.83. The number of esters is 1. The van der Waals surface area contributed by atoms with Gasteiger partial charge in [-0.3, -0.25) is 19.7 Å². The predicted octanol–water partition coefficient (Wildman–Crippen LogP) is 3.61. The van der Waals surface area contributed by atoms with E-state index in [4.69, 9.17) is 4.74 Å². The summed E-state index contributed by atoms with van der Waals surface area (Å²) in [5.74, 6) is -0.926. The number of non-ortho nitro benzene ring substituents is 1. The number of carbonyl (C=O) groups is 2. The van der Waals surface area contributed by atoms with E-state index in [1.165, 1.54) is 35.1 Å². The number of methoxy groups -OCH3 is 1. The summed E-state index contributed by atoms with van der Waals surface area (Å²) in [6.45, 7) is -0.210. The molecule has 4 rings (SSSR count). The van der Waals surface area contributed by atoms with Gasteiger partial charge >= 0.3 is 5.97 Å². The van der Waals surface area contributed by atoms with Crippen LogP contribution in [-0.4, -0.2) is 28.5 Å². The lowest BCUT2D eigenvalue weighted by Crippen LogP contribution is -2.22. The van der Waals surface area contributed by atoms with Crippen LogP contribution in [0.4, 0.5) is 5.69 Å². The molecule has 0 N–H and O–H groups in total. The van der Waals surface area contributed by atoms with E-state index in [0.29, 0.717) is 10.2 Å². The van der Waals surface area contributed by atoms with Gasteiger partial charge in [0, 0.05) is 12.1 Å². The first-order chi connectivity index (χ1) is 15.0. The highest BCUT2D eigenvalue weighted by Gasteiger charge is 2.16. The van der Waals surface area contributed by atoms with Crippen molar-refractivity contribution in [1.82, 2.24) is 4.57 Å². The molecule has 0 aliphatic heterocycles. The van der Waals surface area contributed by atoms with E-state index < -0.39 is 10.9 Å². The number of nitro groups is 1. The van der Waals surface area contributed by atoms with Gasteiger partial charge in [-0.1, -0.05) is 53.8 Å². The average molecular weight is 435 g/mol. The summed E-state index contributed by atoms with van der Waals surface area (Å²) in [6, 6.07) is 17.8. The highest BCUT2D eigenvalue weighted by Crippen LogP contribution is 2.23. The molecule has 3 aromatic carbocycles. The molecule has 156 valence electrons. The van der Waals surface area contributed by atoms with Crippen molar-refractivity contribution < 1.29 is 19.2 Å². The summed E-state index contributed by atoms with van der Waals surface area (Å²) in [7, 11) is 1.25. The number of hydrogen-bond acceptors (Lipinski definition) is 6. The second-order valence-corrected chi connectivity index (χ2v) is 7.79. The van der Waals surface area contributed by atoms with Crippen LogP contribution >= 0.6 is 11.3 Å². The third kappa shape index (κ3) is 4.22. The summed E-state index contributed by atoms with van der Waals surface area (Å²) in [4.78, 5) is 39.9. The van der Waals surface area contributed by atoms with E-state index in [0.717, 1.165) is 16.3 Å². The van der Waals surface area contributed by atoms with Gasteiger partial charge in [-0.25, -0.2) is 0 Å². The molecule has 4 aromatic rings. The highest BCUT2D eigenvalue weighted by molar-refractivity contribution is 7.16. The summed E-state index contributed by atoms with van der Waals surface area (Å²) in [6.07, 6.45) is 0.0912.